The Morgan fingerprint density at radius 2 is 1.25 bits per heavy atom. The minimum absolute atomic E-state index is 0.0645. The third-order valence-corrected chi connectivity index (χ3v) is 18.9. The van der Waals surface area contributed by atoms with Gasteiger partial charge in [0.25, 0.3) is 0 Å². The summed E-state index contributed by atoms with van der Waals surface area (Å²) in [6, 6.07) is 0. The van der Waals surface area contributed by atoms with Gasteiger partial charge in [0.15, 0.2) is 18.7 Å². The van der Waals surface area contributed by atoms with E-state index in [9.17, 15) is 60.7 Å². The summed E-state index contributed by atoms with van der Waals surface area (Å²) in [4.78, 5) is 27.2. The minimum atomic E-state index is -1.84. The molecule has 22 atom stereocenters. The van der Waals surface area contributed by atoms with Crippen LogP contribution in [0.5, 0.6) is 0 Å². The number of aliphatic hydroxyl groups is 9. The zero-order valence-electron chi connectivity index (χ0n) is 38.7. The molecule has 4 saturated carbocycles. The number of carbonyl (C=O) groups excluding carboxylic acids is 1. The Labute approximate surface area is 380 Å². The van der Waals surface area contributed by atoms with Crippen LogP contribution in [0.2, 0.25) is 0 Å². The number of carboxylic acid groups (broad SMARTS) is 1. The van der Waals surface area contributed by atoms with Crippen LogP contribution in [0.4, 0.5) is 0 Å². The van der Waals surface area contributed by atoms with Crippen molar-refractivity contribution in [3.63, 3.8) is 0 Å². The summed E-state index contributed by atoms with van der Waals surface area (Å²) in [6.07, 6.45) is -13.2. The monoisotopic (exact) mass is 926 g/mol. The van der Waals surface area contributed by atoms with Crippen LogP contribution < -0.4 is 0 Å². The number of aliphatic hydroxyl groups excluding tert-OH is 9. The van der Waals surface area contributed by atoms with E-state index in [0.717, 1.165) is 44.9 Å². The number of rotatable bonds is 9. The number of allylic oxidation sites excluding steroid dienone is 2. The van der Waals surface area contributed by atoms with Gasteiger partial charge in [0.1, 0.15) is 61.0 Å². The molecule has 8 aliphatic rings. The minimum Gasteiger partial charge on any atom is -0.479 e. The molecule has 370 valence electrons. The molecule has 3 aliphatic heterocycles. The van der Waals surface area contributed by atoms with E-state index in [2.05, 4.69) is 54.5 Å². The van der Waals surface area contributed by atoms with E-state index in [-0.39, 0.29) is 39.4 Å². The first-order valence-corrected chi connectivity index (χ1v) is 23.7. The van der Waals surface area contributed by atoms with E-state index in [0.29, 0.717) is 19.3 Å². The molecular weight excluding hydrogens is 852 g/mol. The van der Waals surface area contributed by atoms with Gasteiger partial charge < -0.3 is 79.5 Å². The van der Waals surface area contributed by atoms with Crippen molar-refractivity contribution in [3.8, 4) is 0 Å². The topological polar surface area (TPSA) is 292 Å². The molecule has 0 radical (unpaired) electrons. The summed E-state index contributed by atoms with van der Waals surface area (Å²) in [7, 11) is 0. The highest BCUT2D eigenvalue weighted by Gasteiger charge is 2.70. The molecule has 5 aliphatic carbocycles. The highest BCUT2D eigenvalue weighted by molar-refractivity contribution is 5.79. The average Bonchev–Trinajstić information content (AvgIpc) is 3.52. The van der Waals surface area contributed by atoms with Gasteiger partial charge in [0.2, 0.25) is 6.29 Å². The molecule has 10 N–H and O–H groups in total. The van der Waals surface area contributed by atoms with E-state index >= 15 is 0 Å². The predicted octanol–water partition coefficient (Wildman–Crippen LogP) is 0.872. The van der Waals surface area contributed by atoms with E-state index < -0.39 is 128 Å². The van der Waals surface area contributed by atoms with Crippen LogP contribution >= 0.6 is 0 Å². The number of hydrogen-bond acceptors (Lipinski definition) is 17. The van der Waals surface area contributed by atoms with Crippen LogP contribution in [0, 0.1) is 50.2 Å². The fraction of sp³-hybridized carbons (Fsp3) is 0.915. The molecule has 0 unspecified atom stereocenters. The van der Waals surface area contributed by atoms with Crippen LogP contribution in [0.3, 0.4) is 0 Å². The molecule has 3 heterocycles. The fourth-order valence-electron chi connectivity index (χ4n) is 14.8. The first kappa shape index (κ1) is 49.5. The van der Waals surface area contributed by atoms with Crippen LogP contribution in [0.25, 0.3) is 0 Å². The number of carboxylic acids is 1. The summed E-state index contributed by atoms with van der Waals surface area (Å²) >= 11 is 0. The first-order chi connectivity index (χ1) is 30.3. The van der Waals surface area contributed by atoms with Crippen LogP contribution in [0.1, 0.15) is 113 Å². The second kappa shape index (κ2) is 17.2. The quantitative estimate of drug-likeness (QED) is 0.0872. The maximum Gasteiger partial charge on any atom is 0.335 e. The molecule has 18 nitrogen and oxygen atoms in total. The molecule has 0 aromatic heterocycles. The number of fused-ring (bicyclic) bond motifs is 7. The average molecular weight is 927 g/mol. The Morgan fingerprint density at radius 3 is 1.89 bits per heavy atom. The number of carbonyl (C=O) groups is 2. The summed E-state index contributed by atoms with van der Waals surface area (Å²) in [6.45, 7) is 14.6. The predicted molar refractivity (Wildman–Crippen MR) is 225 cm³/mol. The van der Waals surface area contributed by atoms with Crippen molar-refractivity contribution in [2.75, 3.05) is 13.2 Å². The molecule has 0 amide bonds. The lowest BCUT2D eigenvalue weighted by Gasteiger charge is -2.71. The van der Waals surface area contributed by atoms with Gasteiger partial charge in [-0.3, -0.25) is 4.79 Å². The Bertz CT molecular complexity index is 1820. The maximum atomic E-state index is 14.6. The van der Waals surface area contributed by atoms with Gasteiger partial charge in [-0.15, -0.1) is 0 Å². The molecule has 7 fully saturated rings. The largest absolute Gasteiger partial charge is 0.479 e. The Morgan fingerprint density at radius 1 is 0.662 bits per heavy atom. The van der Waals surface area contributed by atoms with Crippen molar-refractivity contribution in [1.82, 2.24) is 0 Å². The van der Waals surface area contributed by atoms with Gasteiger partial charge >= 0.3 is 11.9 Å². The van der Waals surface area contributed by atoms with Crippen LogP contribution in [-0.2, 0) is 38.0 Å². The molecule has 0 aromatic carbocycles. The molecule has 8 rings (SSSR count). The van der Waals surface area contributed by atoms with E-state index in [1.807, 2.05) is 0 Å². The van der Waals surface area contributed by atoms with Crippen LogP contribution in [0.15, 0.2) is 11.6 Å². The lowest BCUT2D eigenvalue weighted by atomic mass is 9.33. The van der Waals surface area contributed by atoms with E-state index in [4.69, 9.17) is 28.4 Å². The van der Waals surface area contributed by atoms with Gasteiger partial charge in [-0.1, -0.05) is 60.1 Å². The molecular formula is C47H74O18. The Balaban J connectivity index is 1.01. The van der Waals surface area contributed by atoms with Crippen molar-refractivity contribution >= 4 is 11.9 Å². The van der Waals surface area contributed by atoms with Crippen molar-refractivity contribution in [1.29, 1.82) is 0 Å². The molecule has 0 spiro atoms. The standard InChI is InChI=1S/C47H74O18/c1-42(2)14-16-47(41(59)65-39-33(55)30(52)28(50)23(19-48)61-39)17-15-45(6)21(22(47)18-42)8-9-26-44(5)12-11-27(43(3,4)25(44)10-13-46(26,45)7)62-40-34(56)31(53)35(36(64-40)37(57)58)63-38-32(54)29(51)24(20-49)60-38/h8,22-36,38-40,48-56H,9-20H2,1-7H3,(H,57,58)/t22-,23+,24-,25-,26+,27+,28+,29-,30-,31+,32+,33+,34+,35-,36-,38-,39-,40+,44-,45+,46+,47-/m0/s1. The van der Waals surface area contributed by atoms with Crippen molar-refractivity contribution in [3.05, 3.63) is 11.6 Å². The van der Waals surface area contributed by atoms with Crippen LogP contribution in [-0.4, -0.2) is 168 Å². The zero-order valence-corrected chi connectivity index (χ0v) is 38.7. The number of ether oxygens (including phenoxy) is 6. The number of hydrogen-bond donors (Lipinski definition) is 10. The second-order valence-electron chi connectivity index (χ2n) is 23.0. The molecule has 18 heteroatoms. The van der Waals surface area contributed by atoms with E-state index in [1.165, 1.54) is 5.57 Å². The summed E-state index contributed by atoms with van der Waals surface area (Å²) < 4.78 is 35.0. The highest BCUT2D eigenvalue weighted by Crippen LogP contribution is 2.76. The van der Waals surface area contributed by atoms with Gasteiger partial charge in [-0.25, -0.2) is 4.79 Å². The normalized spacial score (nSPS) is 52.5. The zero-order chi connectivity index (χ0) is 47.6. The lowest BCUT2D eigenvalue weighted by molar-refractivity contribution is -0.342. The molecule has 0 bridgehead atoms. The third kappa shape index (κ3) is 7.67. The third-order valence-electron chi connectivity index (χ3n) is 18.9. The lowest BCUT2D eigenvalue weighted by Crippen LogP contribution is -2.66. The first-order valence-electron chi connectivity index (χ1n) is 23.7. The SMILES string of the molecule is CC1(C)CC[C@]2(C(=O)O[C@@H]3O[C@H](CO)[C@@H](O)[C@H](O)[C@H]3O)CC[C@]3(C)C(=CC[C@@H]4[C@@]5(C)CC[C@@H](O[C@@H]6O[C@H](C(=O)O)[C@@H](O[C@@H]7O[C@@H](CO)[C@H](O)[C@H]7O)[C@H](O)[C@H]6O)C(C)(C)[C@@H]5CC[C@]43C)[C@@H]2C1. The Kier molecular flexibility index (Phi) is 13.1. The number of aliphatic carboxylic acids is 1. The summed E-state index contributed by atoms with van der Waals surface area (Å²) in [5.74, 6) is -1.77. The fourth-order valence-corrected chi connectivity index (χ4v) is 14.8. The van der Waals surface area contributed by atoms with Crippen molar-refractivity contribution < 1.29 is 89.1 Å². The van der Waals surface area contributed by atoms with Crippen molar-refractivity contribution in [2.45, 2.75) is 205 Å². The van der Waals surface area contributed by atoms with Gasteiger partial charge in [-0.2, -0.15) is 0 Å². The molecule has 0 aromatic rings. The Hall–Kier alpha value is -1.88. The van der Waals surface area contributed by atoms with Crippen molar-refractivity contribution in [2.24, 2.45) is 50.2 Å². The van der Waals surface area contributed by atoms with Gasteiger partial charge in [0, 0.05) is 0 Å². The summed E-state index contributed by atoms with van der Waals surface area (Å²) in [5, 5.41) is 104. The highest BCUT2D eigenvalue weighted by atomic mass is 16.8. The summed E-state index contributed by atoms with van der Waals surface area (Å²) in [5.41, 5.74) is -0.800. The van der Waals surface area contributed by atoms with E-state index in [1.54, 1.807) is 0 Å². The molecule has 65 heavy (non-hydrogen) atoms. The molecule has 3 saturated heterocycles. The number of esters is 1. The maximum absolute atomic E-state index is 14.6. The smallest absolute Gasteiger partial charge is 0.335 e. The second-order valence-corrected chi connectivity index (χ2v) is 23.0. The van der Waals surface area contributed by atoms with Gasteiger partial charge in [0.05, 0.1) is 24.7 Å². The van der Waals surface area contributed by atoms with Gasteiger partial charge in [-0.05, 0) is 109 Å².